The Balaban J connectivity index is 1.46. The highest BCUT2D eigenvalue weighted by Crippen LogP contribution is 2.49. The van der Waals surface area contributed by atoms with Crippen LogP contribution in [0, 0.1) is 0 Å². The van der Waals surface area contributed by atoms with E-state index in [0.29, 0.717) is 23.0 Å². The van der Waals surface area contributed by atoms with Crippen LogP contribution >= 0.6 is 0 Å². The molecule has 0 spiro atoms. The van der Waals surface area contributed by atoms with Gasteiger partial charge in [-0.25, -0.2) is 0 Å². The molecule has 4 nitrogen and oxygen atoms in total. The van der Waals surface area contributed by atoms with Crippen LogP contribution in [-0.4, -0.2) is 0 Å². The van der Waals surface area contributed by atoms with Crippen molar-refractivity contribution in [3.05, 3.63) is 241 Å². The van der Waals surface area contributed by atoms with Crippen molar-refractivity contribution in [2.45, 2.75) is 0 Å². The van der Waals surface area contributed by atoms with Crippen molar-refractivity contribution in [1.29, 1.82) is 0 Å². The van der Waals surface area contributed by atoms with Gasteiger partial charge in [0.05, 0.1) is 0 Å². The second kappa shape index (κ2) is 16.4. The first-order valence-corrected chi connectivity index (χ1v) is 17.8. The van der Waals surface area contributed by atoms with E-state index >= 15 is 0 Å². The van der Waals surface area contributed by atoms with E-state index in [4.69, 9.17) is 18.9 Å². The monoisotopic (exact) mass is 700 g/mol. The Hall–Kier alpha value is -7.30. The second-order valence-electron chi connectivity index (χ2n) is 12.4. The molecule has 0 radical (unpaired) electrons. The summed E-state index contributed by atoms with van der Waals surface area (Å²) in [6, 6.07) is 71.8. The molecule has 8 aromatic carbocycles. The van der Waals surface area contributed by atoms with Crippen molar-refractivity contribution in [2.75, 3.05) is 0 Å². The molecule has 0 aliphatic carbocycles. The van der Waals surface area contributed by atoms with Crippen LogP contribution in [0.2, 0.25) is 0 Å². The van der Waals surface area contributed by atoms with Gasteiger partial charge in [0.2, 0.25) is 0 Å². The zero-order valence-electron chi connectivity index (χ0n) is 29.4. The average molecular weight is 701 g/mol. The molecule has 0 aromatic heterocycles. The van der Waals surface area contributed by atoms with Crippen molar-refractivity contribution in [1.82, 2.24) is 0 Å². The Morgan fingerprint density at radius 2 is 0.389 bits per heavy atom. The smallest absolute Gasteiger partial charge is 0.135 e. The molecular formula is C50H36O4. The molecule has 8 aromatic rings. The maximum atomic E-state index is 6.71. The van der Waals surface area contributed by atoms with Gasteiger partial charge in [-0.3, -0.25) is 0 Å². The van der Waals surface area contributed by atoms with Crippen LogP contribution < -0.4 is 18.9 Å². The molecule has 0 saturated carbocycles. The first kappa shape index (κ1) is 33.8. The largest absolute Gasteiger partial charge is 0.457 e. The van der Waals surface area contributed by atoms with Crippen LogP contribution in [0.4, 0.5) is 0 Å². The topological polar surface area (TPSA) is 36.9 Å². The van der Waals surface area contributed by atoms with Gasteiger partial charge >= 0.3 is 0 Å². The molecule has 4 heteroatoms. The van der Waals surface area contributed by atoms with Gasteiger partial charge in [-0.15, -0.1) is 0 Å². The Kier molecular flexibility index (Phi) is 10.2. The summed E-state index contributed by atoms with van der Waals surface area (Å²) in [7, 11) is 0. The molecule has 54 heavy (non-hydrogen) atoms. The highest BCUT2D eigenvalue weighted by atomic mass is 16.5. The van der Waals surface area contributed by atoms with E-state index in [1.807, 2.05) is 194 Å². The van der Waals surface area contributed by atoms with Crippen LogP contribution in [0.5, 0.6) is 46.0 Å². The lowest BCUT2D eigenvalue weighted by atomic mass is 9.84. The van der Waals surface area contributed by atoms with Crippen molar-refractivity contribution < 1.29 is 18.9 Å². The molecular weight excluding hydrogens is 665 g/mol. The minimum atomic E-state index is 0.675. The lowest BCUT2D eigenvalue weighted by Gasteiger charge is -2.24. The summed E-state index contributed by atoms with van der Waals surface area (Å²) in [5.41, 5.74) is 5.13. The number of benzene rings is 8. The van der Waals surface area contributed by atoms with E-state index < -0.39 is 0 Å². The minimum absolute atomic E-state index is 0.675. The summed E-state index contributed by atoms with van der Waals surface area (Å²) in [6.45, 7) is 0. The predicted octanol–water partition coefficient (Wildman–Crippen LogP) is 13.9. The number of hydrogen-bond acceptors (Lipinski definition) is 4. The lowest BCUT2D eigenvalue weighted by molar-refractivity contribution is 0.477. The molecule has 260 valence electrons. The first-order valence-electron chi connectivity index (χ1n) is 17.8. The minimum Gasteiger partial charge on any atom is -0.457 e. The lowest BCUT2D eigenvalue weighted by Crippen LogP contribution is -2.04. The molecule has 0 unspecified atom stereocenters. The van der Waals surface area contributed by atoms with Gasteiger partial charge in [0.15, 0.2) is 0 Å². The molecule has 0 aliphatic rings. The van der Waals surface area contributed by atoms with E-state index in [2.05, 4.69) is 24.3 Å². The fourth-order valence-corrected chi connectivity index (χ4v) is 6.34. The second-order valence-corrected chi connectivity index (χ2v) is 12.4. The quantitative estimate of drug-likeness (QED) is 0.119. The zero-order chi connectivity index (χ0) is 36.4. The van der Waals surface area contributed by atoms with Gasteiger partial charge in [-0.2, -0.15) is 0 Å². The van der Waals surface area contributed by atoms with Crippen LogP contribution in [0.1, 0.15) is 22.3 Å². The van der Waals surface area contributed by atoms with E-state index in [1.54, 1.807) is 0 Å². The van der Waals surface area contributed by atoms with Crippen molar-refractivity contribution in [2.24, 2.45) is 0 Å². The maximum Gasteiger partial charge on any atom is 0.135 e. The Bertz CT molecular complexity index is 2130. The van der Waals surface area contributed by atoms with Crippen molar-refractivity contribution in [3.63, 3.8) is 0 Å². The molecule has 0 amide bonds. The summed E-state index contributed by atoms with van der Waals surface area (Å²) in [5, 5.41) is 0. The summed E-state index contributed by atoms with van der Waals surface area (Å²) >= 11 is 0. The number of ether oxygens (including phenoxy) is 4. The molecule has 0 aliphatic heterocycles. The third-order valence-corrected chi connectivity index (χ3v) is 8.76. The average Bonchev–Trinajstić information content (AvgIpc) is 3.23. The fourth-order valence-electron chi connectivity index (χ4n) is 6.34. The number of para-hydroxylation sites is 8. The predicted molar refractivity (Wildman–Crippen MR) is 217 cm³/mol. The maximum absolute atomic E-state index is 6.71. The van der Waals surface area contributed by atoms with Crippen LogP contribution in [0.15, 0.2) is 218 Å². The third-order valence-electron chi connectivity index (χ3n) is 8.76. The van der Waals surface area contributed by atoms with Gasteiger partial charge < -0.3 is 18.9 Å². The number of rotatable bonds is 12. The Morgan fingerprint density at radius 1 is 0.204 bits per heavy atom. The molecule has 8 rings (SSSR count). The Labute approximate surface area is 315 Å². The summed E-state index contributed by atoms with van der Waals surface area (Å²) in [4.78, 5) is 0. The van der Waals surface area contributed by atoms with Gasteiger partial charge in [0.1, 0.15) is 46.0 Å². The molecule has 0 saturated heterocycles. The van der Waals surface area contributed by atoms with E-state index in [1.165, 1.54) is 0 Å². The van der Waals surface area contributed by atoms with Crippen LogP contribution in [0.3, 0.4) is 0 Å². The number of hydrogen-bond donors (Lipinski definition) is 0. The Morgan fingerprint density at radius 3 is 0.611 bits per heavy atom. The highest BCUT2D eigenvalue weighted by molar-refractivity contribution is 6.08. The first-order chi connectivity index (χ1) is 26.8. The fraction of sp³-hybridized carbons (Fsp3) is 0. The summed E-state index contributed by atoms with van der Waals surface area (Å²) < 4.78 is 26.8. The van der Waals surface area contributed by atoms with Gasteiger partial charge in [-0.05, 0) is 72.8 Å². The molecule has 0 bridgehead atoms. The highest BCUT2D eigenvalue weighted by Gasteiger charge is 2.26. The van der Waals surface area contributed by atoms with E-state index in [9.17, 15) is 0 Å². The van der Waals surface area contributed by atoms with E-state index in [-0.39, 0.29) is 0 Å². The molecule has 0 N–H and O–H groups in total. The van der Waals surface area contributed by atoms with Crippen LogP contribution in [-0.2, 0) is 0 Å². The normalized spacial score (nSPS) is 10.6. The third kappa shape index (κ3) is 7.79. The summed E-state index contributed by atoms with van der Waals surface area (Å²) in [5.74, 6) is 5.59. The molecule has 0 atom stereocenters. The standard InChI is InChI=1S/C50H36O4/c1-5-21-37(22-6-1)51-45-33-17-13-29-41(45)49(42-30-14-18-34-46(42)52-38-23-7-2-8-24-38)50(43-31-15-19-35-47(43)53-39-25-9-3-10-26-39)44-32-16-20-36-48(44)54-40-27-11-4-12-28-40/h1-36H. The van der Waals surface area contributed by atoms with Crippen LogP contribution in [0.25, 0.3) is 11.1 Å². The summed E-state index contributed by atoms with van der Waals surface area (Å²) in [6.07, 6.45) is 0. The van der Waals surface area contributed by atoms with Gasteiger partial charge in [0, 0.05) is 33.4 Å². The van der Waals surface area contributed by atoms with E-state index in [0.717, 1.165) is 56.4 Å². The van der Waals surface area contributed by atoms with Gasteiger partial charge in [-0.1, -0.05) is 146 Å². The van der Waals surface area contributed by atoms with Gasteiger partial charge in [0.25, 0.3) is 0 Å². The molecule has 0 fully saturated rings. The zero-order valence-corrected chi connectivity index (χ0v) is 29.4. The molecule has 0 heterocycles. The van der Waals surface area contributed by atoms with Crippen molar-refractivity contribution >= 4 is 11.1 Å². The SMILES string of the molecule is c1ccc(Oc2ccccc2C(=C(c2ccccc2Oc2ccccc2)c2ccccc2Oc2ccccc2)c2ccccc2Oc2ccccc2)cc1. The van der Waals surface area contributed by atoms with Crippen molar-refractivity contribution in [3.8, 4) is 46.0 Å².